The Balaban J connectivity index is 2.50. The lowest BCUT2D eigenvalue weighted by molar-refractivity contribution is 0.0651. The van der Waals surface area contributed by atoms with Gasteiger partial charge in [0.05, 0.1) is 16.1 Å². The maximum atomic E-state index is 12.3. The molecule has 0 unspecified atom stereocenters. The largest absolute Gasteiger partial charge is 0.478 e. The molecule has 10 heteroatoms. The summed E-state index contributed by atoms with van der Waals surface area (Å²) in [6.07, 6.45) is 0. The lowest BCUT2D eigenvalue weighted by Gasteiger charge is -2.10. The first kappa shape index (κ1) is 18.1. The zero-order valence-corrected chi connectivity index (χ0v) is 13.9. The quantitative estimate of drug-likeness (QED) is 0.752. The Morgan fingerprint density at radius 2 is 1.54 bits per heavy atom. The molecular formula is C14H8Cl2O7S. The fourth-order valence-corrected chi connectivity index (χ4v) is 3.08. The molecule has 0 spiro atoms. The summed E-state index contributed by atoms with van der Waals surface area (Å²) in [5, 5.41) is 18.1. The van der Waals surface area contributed by atoms with Crippen molar-refractivity contribution >= 4 is 45.3 Å². The number of halogens is 2. The topological polar surface area (TPSA) is 118 Å². The number of hydrogen-bond donors (Lipinski definition) is 2. The molecule has 7 nitrogen and oxygen atoms in total. The van der Waals surface area contributed by atoms with E-state index in [0.717, 1.165) is 12.1 Å². The van der Waals surface area contributed by atoms with Gasteiger partial charge in [0.2, 0.25) is 0 Å². The zero-order chi connectivity index (χ0) is 18.1. The molecular weight excluding hydrogens is 383 g/mol. The van der Waals surface area contributed by atoms with Crippen LogP contribution in [-0.2, 0) is 10.1 Å². The van der Waals surface area contributed by atoms with Crippen LogP contribution in [-0.4, -0.2) is 30.6 Å². The third-order valence-corrected chi connectivity index (χ3v) is 4.61. The SMILES string of the molecule is O=C(O)c1ccc(S(=O)(=O)Oc2cc(Cl)ccc2Cl)cc1C(=O)O. The highest BCUT2D eigenvalue weighted by molar-refractivity contribution is 7.87. The highest BCUT2D eigenvalue weighted by Crippen LogP contribution is 2.30. The Hall–Kier alpha value is -2.29. The molecule has 2 rings (SSSR count). The van der Waals surface area contributed by atoms with Crippen molar-refractivity contribution in [2.75, 3.05) is 0 Å². The number of hydrogen-bond acceptors (Lipinski definition) is 5. The minimum Gasteiger partial charge on any atom is -0.478 e. The fraction of sp³-hybridized carbons (Fsp3) is 0. The lowest BCUT2D eigenvalue weighted by Crippen LogP contribution is -2.14. The van der Waals surface area contributed by atoms with Gasteiger partial charge in [0.25, 0.3) is 0 Å². The number of carbonyl (C=O) groups is 2. The van der Waals surface area contributed by atoms with Crippen molar-refractivity contribution in [1.82, 2.24) is 0 Å². The van der Waals surface area contributed by atoms with Crippen molar-refractivity contribution in [3.05, 3.63) is 57.6 Å². The molecule has 0 aliphatic rings. The highest BCUT2D eigenvalue weighted by atomic mass is 35.5. The van der Waals surface area contributed by atoms with Gasteiger partial charge in [0, 0.05) is 11.1 Å². The van der Waals surface area contributed by atoms with Crippen molar-refractivity contribution in [3.8, 4) is 5.75 Å². The van der Waals surface area contributed by atoms with Gasteiger partial charge in [-0.15, -0.1) is 0 Å². The summed E-state index contributed by atoms with van der Waals surface area (Å²) in [6, 6.07) is 6.40. The molecule has 2 aromatic carbocycles. The summed E-state index contributed by atoms with van der Waals surface area (Å²) in [5.41, 5.74) is -1.24. The summed E-state index contributed by atoms with van der Waals surface area (Å²) in [5.74, 6) is -3.34. The number of rotatable bonds is 5. The normalized spacial score (nSPS) is 11.1. The third-order valence-electron chi connectivity index (χ3n) is 2.83. The molecule has 126 valence electrons. The Labute approximate surface area is 146 Å². The Bertz CT molecular complexity index is 938. The molecule has 0 aliphatic heterocycles. The van der Waals surface area contributed by atoms with E-state index in [2.05, 4.69) is 0 Å². The standard InChI is InChI=1S/C14H8Cl2O7S/c15-7-1-4-11(16)12(5-7)23-24(21,22)8-2-3-9(13(17)18)10(6-8)14(19)20/h1-6H,(H,17,18)(H,19,20). The van der Waals surface area contributed by atoms with E-state index in [1.54, 1.807) is 0 Å². The predicted octanol–water partition coefficient (Wildman–Crippen LogP) is 3.16. The minimum absolute atomic E-state index is 0.0245. The van der Waals surface area contributed by atoms with E-state index in [1.165, 1.54) is 18.2 Å². The fourth-order valence-electron chi connectivity index (χ4n) is 1.75. The average Bonchev–Trinajstić information content (AvgIpc) is 2.50. The van der Waals surface area contributed by atoms with Crippen LogP contribution < -0.4 is 4.18 Å². The van der Waals surface area contributed by atoms with Crippen LogP contribution in [0.4, 0.5) is 0 Å². The van der Waals surface area contributed by atoms with E-state index in [4.69, 9.17) is 37.6 Å². The van der Waals surface area contributed by atoms with Gasteiger partial charge in [-0.2, -0.15) is 8.42 Å². The van der Waals surface area contributed by atoms with Gasteiger partial charge < -0.3 is 14.4 Å². The zero-order valence-electron chi connectivity index (χ0n) is 11.6. The first-order valence-corrected chi connectivity index (χ1v) is 8.28. The van der Waals surface area contributed by atoms with Crippen LogP contribution in [0.5, 0.6) is 5.75 Å². The first-order chi connectivity index (χ1) is 11.1. The van der Waals surface area contributed by atoms with Gasteiger partial charge in [-0.05, 0) is 30.3 Å². The maximum absolute atomic E-state index is 12.3. The van der Waals surface area contributed by atoms with Gasteiger partial charge in [0.15, 0.2) is 5.75 Å². The molecule has 24 heavy (non-hydrogen) atoms. The number of carboxylic acid groups (broad SMARTS) is 2. The number of carboxylic acids is 2. The Morgan fingerprint density at radius 1 is 0.917 bits per heavy atom. The molecule has 0 heterocycles. The minimum atomic E-state index is -4.45. The molecule has 0 saturated heterocycles. The molecule has 0 radical (unpaired) electrons. The predicted molar refractivity (Wildman–Crippen MR) is 84.6 cm³/mol. The molecule has 0 fully saturated rings. The molecule has 0 aromatic heterocycles. The van der Waals surface area contributed by atoms with Crippen LogP contribution >= 0.6 is 23.2 Å². The first-order valence-electron chi connectivity index (χ1n) is 6.12. The van der Waals surface area contributed by atoms with Gasteiger partial charge in [0.1, 0.15) is 4.90 Å². The van der Waals surface area contributed by atoms with Crippen LogP contribution in [0.3, 0.4) is 0 Å². The molecule has 0 bridgehead atoms. The molecule has 2 aromatic rings. The van der Waals surface area contributed by atoms with Crippen molar-refractivity contribution < 1.29 is 32.4 Å². The van der Waals surface area contributed by atoms with Crippen molar-refractivity contribution in [2.24, 2.45) is 0 Å². The summed E-state index contributed by atoms with van der Waals surface area (Å²) in [4.78, 5) is 21.6. The molecule has 0 amide bonds. The summed E-state index contributed by atoms with van der Waals surface area (Å²) in [7, 11) is -4.45. The smallest absolute Gasteiger partial charge is 0.339 e. The van der Waals surface area contributed by atoms with Crippen LogP contribution in [0, 0.1) is 0 Å². The van der Waals surface area contributed by atoms with Crippen LogP contribution in [0.1, 0.15) is 20.7 Å². The second kappa shape index (κ2) is 6.68. The van der Waals surface area contributed by atoms with Crippen molar-refractivity contribution in [3.63, 3.8) is 0 Å². The summed E-state index contributed by atoms with van der Waals surface area (Å²) >= 11 is 11.6. The van der Waals surface area contributed by atoms with Crippen LogP contribution in [0.25, 0.3) is 0 Å². The van der Waals surface area contributed by atoms with Gasteiger partial charge in [-0.25, -0.2) is 9.59 Å². The number of aromatic carboxylic acids is 2. The van der Waals surface area contributed by atoms with Gasteiger partial charge >= 0.3 is 22.1 Å². The third kappa shape index (κ3) is 3.78. The molecule has 0 atom stereocenters. The summed E-state index contributed by atoms with van der Waals surface area (Å²) in [6.45, 7) is 0. The number of benzene rings is 2. The van der Waals surface area contributed by atoms with Crippen LogP contribution in [0.2, 0.25) is 10.0 Å². The second-order valence-electron chi connectivity index (χ2n) is 4.43. The van der Waals surface area contributed by atoms with E-state index < -0.39 is 38.1 Å². The van der Waals surface area contributed by atoms with E-state index in [1.807, 2.05) is 0 Å². The molecule has 0 aliphatic carbocycles. The van der Waals surface area contributed by atoms with E-state index >= 15 is 0 Å². The van der Waals surface area contributed by atoms with Crippen molar-refractivity contribution in [2.45, 2.75) is 4.90 Å². The van der Waals surface area contributed by atoms with Gasteiger partial charge in [-0.3, -0.25) is 0 Å². The second-order valence-corrected chi connectivity index (χ2v) is 6.82. The lowest BCUT2D eigenvalue weighted by atomic mass is 10.1. The summed E-state index contributed by atoms with van der Waals surface area (Å²) < 4.78 is 29.4. The van der Waals surface area contributed by atoms with Crippen LogP contribution in [0.15, 0.2) is 41.3 Å². The van der Waals surface area contributed by atoms with E-state index in [-0.39, 0.29) is 15.8 Å². The average molecular weight is 391 g/mol. The maximum Gasteiger partial charge on any atom is 0.339 e. The Kier molecular flexibility index (Phi) is 5.02. The molecule has 2 N–H and O–H groups in total. The van der Waals surface area contributed by atoms with E-state index in [0.29, 0.717) is 6.07 Å². The highest BCUT2D eigenvalue weighted by Gasteiger charge is 2.24. The Morgan fingerprint density at radius 3 is 2.12 bits per heavy atom. The van der Waals surface area contributed by atoms with Gasteiger partial charge in [-0.1, -0.05) is 23.2 Å². The molecule has 0 saturated carbocycles. The van der Waals surface area contributed by atoms with Crippen molar-refractivity contribution in [1.29, 1.82) is 0 Å². The monoisotopic (exact) mass is 390 g/mol. The van der Waals surface area contributed by atoms with E-state index in [9.17, 15) is 18.0 Å².